The second-order valence-electron chi connectivity index (χ2n) is 6.47. The van der Waals surface area contributed by atoms with Crippen LogP contribution in [0.1, 0.15) is 40.5 Å². The molecule has 2 heterocycles. The third-order valence-corrected chi connectivity index (χ3v) is 3.41. The summed E-state index contributed by atoms with van der Waals surface area (Å²) < 4.78 is 11.4. The summed E-state index contributed by atoms with van der Waals surface area (Å²) in [4.78, 5) is 17.9. The van der Waals surface area contributed by atoms with Crippen molar-refractivity contribution < 1.29 is 14.3 Å². The van der Waals surface area contributed by atoms with E-state index in [2.05, 4.69) is 4.98 Å². The first-order valence-electron chi connectivity index (χ1n) is 7.41. The molecule has 0 saturated carbocycles. The van der Waals surface area contributed by atoms with Gasteiger partial charge in [-0.05, 0) is 39.8 Å². The number of amides is 1. The van der Waals surface area contributed by atoms with Crippen molar-refractivity contribution in [1.82, 2.24) is 9.88 Å². The molecule has 1 aliphatic rings. The van der Waals surface area contributed by atoms with Gasteiger partial charge in [-0.3, -0.25) is 4.98 Å². The Labute approximate surface area is 126 Å². The van der Waals surface area contributed by atoms with Crippen LogP contribution in [0.25, 0.3) is 0 Å². The number of hydrogen-bond acceptors (Lipinski definition) is 4. The van der Waals surface area contributed by atoms with Crippen LogP contribution in [0.15, 0.2) is 24.5 Å². The first-order chi connectivity index (χ1) is 9.85. The van der Waals surface area contributed by atoms with Crippen LogP contribution in [0.3, 0.4) is 0 Å². The lowest BCUT2D eigenvalue weighted by atomic mass is 10.0. The number of nitrogens with zero attached hydrogens (tertiary/aromatic N) is 2. The second kappa shape index (κ2) is 6.33. The average Bonchev–Trinajstić information content (AvgIpc) is 2.37. The molecule has 1 aromatic heterocycles. The summed E-state index contributed by atoms with van der Waals surface area (Å²) in [5, 5.41) is 0. The van der Waals surface area contributed by atoms with Crippen LogP contribution in [0.2, 0.25) is 0 Å². The van der Waals surface area contributed by atoms with Gasteiger partial charge in [-0.15, -0.1) is 0 Å². The van der Waals surface area contributed by atoms with E-state index in [1.807, 2.05) is 39.8 Å². The maximum Gasteiger partial charge on any atom is 0.410 e. The molecule has 1 amide bonds. The molecule has 1 aromatic rings. The number of likely N-dealkylation sites (tertiary alicyclic amines) is 1. The predicted molar refractivity (Wildman–Crippen MR) is 80.3 cm³/mol. The van der Waals surface area contributed by atoms with Gasteiger partial charge in [-0.1, -0.05) is 0 Å². The van der Waals surface area contributed by atoms with Crippen LogP contribution >= 0.6 is 0 Å². The van der Waals surface area contributed by atoms with Crippen molar-refractivity contribution in [1.29, 1.82) is 0 Å². The second-order valence-corrected chi connectivity index (χ2v) is 6.47. The topological polar surface area (TPSA) is 51.7 Å². The quantitative estimate of drug-likeness (QED) is 0.839. The van der Waals surface area contributed by atoms with Crippen LogP contribution in [0.4, 0.5) is 4.79 Å². The van der Waals surface area contributed by atoms with Crippen molar-refractivity contribution in [2.45, 2.75) is 58.3 Å². The van der Waals surface area contributed by atoms with E-state index in [0.717, 1.165) is 18.6 Å². The Kier molecular flexibility index (Phi) is 4.70. The van der Waals surface area contributed by atoms with Crippen molar-refractivity contribution >= 4 is 6.09 Å². The van der Waals surface area contributed by atoms with Gasteiger partial charge in [-0.25, -0.2) is 4.79 Å². The minimum atomic E-state index is -0.457. The lowest BCUT2D eigenvalue weighted by Crippen LogP contribution is -2.49. The van der Waals surface area contributed by atoms with Gasteiger partial charge in [0.1, 0.15) is 17.5 Å². The van der Waals surface area contributed by atoms with E-state index in [-0.39, 0.29) is 18.2 Å². The molecule has 0 spiro atoms. The highest BCUT2D eigenvalue weighted by Crippen LogP contribution is 2.24. The third-order valence-electron chi connectivity index (χ3n) is 3.41. The molecule has 2 atom stereocenters. The summed E-state index contributed by atoms with van der Waals surface area (Å²) in [7, 11) is 0. The zero-order valence-electron chi connectivity index (χ0n) is 13.2. The fraction of sp³-hybridized carbons (Fsp3) is 0.625. The van der Waals surface area contributed by atoms with Crippen molar-refractivity contribution in [3.8, 4) is 5.75 Å². The Balaban J connectivity index is 1.89. The highest BCUT2D eigenvalue weighted by molar-refractivity contribution is 5.68. The molecule has 5 nitrogen and oxygen atoms in total. The van der Waals surface area contributed by atoms with E-state index in [1.165, 1.54) is 0 Å². The molecule has 0 N–H and O–H groups in total. The zero-order valence-corrected chi connectivity index (χ0v) is 13.2. The van der Waals surface area contributed by atoms with Gasteiger partial charge in [-0.2, -0.15) is 0 Å². The van der Waals surface area contributed by atoms with E-state index in [9.17, 15) is 4.79 Å². The van der Waals surface area contributed by atoms with Crippen LogP contribution < -0.4 is 4.74 Å². The minimum Gasteiger partial charge on any atom is -0.490 e. The number of ether oxygens (including phenoxy) is 2. The largest absolute Gasteiger partial charge is 0.490 e. The summed E-state index contributed by atoms with van der Waals surface area (Å²) >= 11 is 0. The normalized spacial score (nSPS) is 22.8. The molecule has 116 valence electrons. The van der Waals surface area contributed by atoms with Gasteiger partial charge in [0.25, 0.3) is 0 Å². The lowest BCUT2D eigenvalue weighted by Gasteiger charge is -2.38. The van der Waals surface area contributed by atoms with E-state index in [1.54, 1.807) is 17.3 Å². The smallest absolute Gasteiger partial charge is 0.410 e. The van der Waals surface area contributed by atoms with E-state index in [0.29, 0.717) is 6.54 Å². The number of piperidine rings is 1. The molecule has 5 heteroatoms. The van der Waals surface area contributed by atoms with Crippen LogP contribution in [0.5, 0.6) is 5.75 Å². The zero-order chi connectivity index (χ0) is 15.5. The SMILES string of the molecule is C[C@@H]1C[C@H](Oc2ccncc2)CCN1C(=O)OC(C)(C)C. The highest BCUT2D eigenvalue weighted by Gasteiger charge is 2.32. The van der Waals surface area contributed by atoms with Crippen molar-refractivity contribution in [2.75, 3.05) is 6.54 Å². The van der Waals surface area contributed by atoms with Crippen molar-refractivity contribution in [3.63, 3.8) is 0 Å². The number of hydrogen-bond donors (Lipinski definition) is 0. The average molecular weight is 292 g/mol. The van der Waals surface area contributed by atoms with Crippen LogP contribution in [-0.2, 0) is 4.74 Å². The Morgan fingerprint density at radius 3 is 2.57 bits per heavy atom. The number of rotatable bonds is 2. The first kappa shape index (κ1) is 15.6. The molecule has 1 fully saturated rings. The van der Waals surface area contributed by atoms with Gasteiger partial charge >= 0.3 is 6.09 Å². The molecule has 0 aliphatic carbocycles. The van der Waals surface area contributed by atoms with E-state index >= 15 is 0 Å². The summed E-state index contributed by atoms with van der Waals surface area (Å²) in [6, 6.07) is 3.82. The number of aromatic nitrogens is 1. The molecule has 1 saturated heterocycles. The molecule has 0 radical (unpaired) electrons. The molecule has 1 aliphatic heterocycles. The van der Waals surface area contributed by atoms with E-state index in [4.69, 9.17) is 9.47 Å². The summed E-state index contributed by atoms with van der Waals surface area (Å²) in [6.07, 6.45) is 4.94. The van der Waals surface area contributed by atoms with Gasteiger partial charge in [0.2, 0.25) is 0 Å². The predicted octanol–water partition coefficient (Wildman–Crippen LogP) is 3.25. The van der Waals surface area contributed by atoms with Crippen LogP contribution in [-0.4, -0.2) is 40.3 Å². The molecule has 21 heavy (non-hydrogen) atoms. The summed E-state index contributed by atoms with van der Waals surface area (Å²) in [6.45, 7) is 8.34. The first-order valence-corrected chi connectivity index (χ1v) is 7.41. The Morgan fingerprint density at radius 2 is 2.00 bits per heavy atom. The van der Waals surface area contributed by atoms with Crippen molar-refractivity contribution in [3.05, 3.63) is 24.5 Å². The highest BCUT2D eigenvalue weighted by atomic mass is 16.6. The maximum atomic E-state index is 12.1. The van der Waals surface area contributed by atoms with E-state index < -0.39 is 5.60 Å². The van der Waals surface area contributed by atoms with Gasteiger partial charge in [0.05, 0.1) is 0 Å². The molecule has 0 unspecified atom stereocenters. The number of carbonyl (C=O) groups is 1. The lowest BCUT2D eigenvalue weighted by molar-refractivity contribution is -0.00103. The van der Waals surface area contributed by atoms with Gasteiger partial charge < -0.3 is 14.4 Å². The van der Waals surface area contributed by atoms with Crippen molar-refractivity contribution in [2.24, 2.45) is 0 Å². The maximum absolute atomic E-state index is 12.1. The number of carbonyl (C=O) groups excluding carboxylic acids is 1. The van der Waals surface area contributed by atoms with Gasteiger partial charge in [0.15, 0.2) is 0 Å². The van der Waals surface area contributed by atoms with Gasteiger partial charge in [0, 0.05) is 37.8 Å². The summed E-state index contributed by atoms with van der Waals surface area (Å²) in [5.74, 6) is 0.827. The Hall–Kier alpha value is -1.78. The minimum absolute atomic E-state index is 0.112. The molecular formula is C16H24N2O3. The Bertz CT molecular complexity index is 470. The molecular weight excluding hydrogens is 268 g/mol. The Morgan fingerprint density at radius 1 is 1.33 bits per heavy atom. The van der Waals surface area contributed by atoms with Crippen LogP contribution in [0, 0.1) is 0 Å². The molecule has 0 aromatic carbocycles. The number of pyridine rings is 1. The molecule has 0 bridgehead atoms. The third kappa shape index (κ3) is 4.62. The molecule has 2 rings (SSSR count). The monoisotopic (exact) mass is 292 g/mol. The summed E-state index contributed by atoms with van der Waals surface area (Å²) in [5.41, 5.74) is -0.457. The fourth-order valence-corrected chi connectivity index (χ4v) is 2.44. The fourth-order valence-electron chi connectivity index (χ4n) is 2.44. The standard InChI is InChI=1S/C16H24N2O3/c1-12-11-14(20-13-5-8-17-9-6-13)7-10-18(12)15(19)21-16(2,3)4/h5-6,8-9,12,14H,7,10-11H2,1-4H3/t12-,14-/m1/s1.